The molecule has 1 aliphatic rings. The zero-order valence-electron chi connectivity index (χ0n) is 11.5. The van der Waals surface area contributed by atoms with Gasteiger partial charge in [-0.25, -0.2) is 0 Å². The predicted molar refractivity (Wildman–Crippen MR) is 72.3 cm³/mol. The average molecular weight is 294 g/mol. The van der Waals surface area contributed by atoms with Gasteiger partial charge in [0.25, 0.3) is 0 Å². The van der Waals surface area contributed by atoms with Crippen LogP contribution in [0, 0.1) is 5.92 Å². The number of rotatable bonds is 6. The molecule has 1 fully saturated rings. The number of aliphatic carboxylic acids is 1. The average Bonchev–Trinajstić information content (AvgIpc) is 2.43. The summed E-state index contributed by atoms with van der Waals surface area (Å²) in [4.78, 5) is 22.2. The van der Waals surface area contributed by atoms with Crippen LogP contribution in [-0.4, -0.2) is 41.0 Å². The van der Waals surface area contributed by atoms with Gasteiger partial charge in [-0.15, -0.1) is 0 Å². The van der Waals surface area contributed by atoms with E-state index in [9.17, 15) is 14.7 Å². The molecular formula is C15H18O6. The Morgan fingerprint density at radius 3 is 2.71 bits per heavy atom. The molecule has 2 N–H and O–H groups in total. The summed E-state index contributed by atoms with van der Waals surface area (Å²) in [5, 5.41) is 18.7. The fourth-order valence-electron chi connectivity index (χ4n) is 2.37. The van der Waals surface area contributed by atoms with Crippen molar-refractivity contribution in [3.63, 3.8) is 0 Å². The van der Waals surface area contributed by atoms with Crippen molar-refractivity contribution >= 4 is 11.9 Å². The van der Waals surface area contributed by atoms with Crippen molar-refractivity contribution in [2.45, 2.75) is 31.7 Å². The maximum Gasteiger partial charge on any atom is 0.308 e. The highest BCUT2D eigenvalue weighted by Crippen LogP contribution is 2.26. The Morgan fingerprint density at radius 1 is 1.33 bits per heavy atom. The molecule has 1 aromatic rings. The fourth-order valence-corrected chi connectivity index (χ4v) is 2.37. The van der Waals surface area contributed by atoms with Gasteiger partial charge >= 0.3 is 11.9 Å². The van der Waals surface area contributed by atoms with Gasteiger partial charge in [-0.05, 0) is 5.56 Å². The molecule has 1 heterocycles. The van der Waals surface area contributed by atoms with Crippen LogP contribution in [0.25, 0.3) is 0 Å². The molecule has 3 atom stereocenters. The van der Waals surface area contributed by atoms with Crippen molar-refractivity contribution in [3.8, 4) is 0 Å². The maximum absolute atomic E-state index is 11.4. The number of carbonyl (C=O) groups excluding carboxylic acids is 1. The molecule has 6 heteroatoms. The first-order valence-corrected chi connectivity index (χ1v) is 6.77. The minimum atomic E-state index is -1.04. The standard InChI is InChI=1S/C15H18O6/c16-12-7-15(19)21-13(11(12)6-14(17)18)9-20-8-10-4-2-1-3-5-10/h1-5,11-13,16H,6-9H2,(H,17,18)/t11-,12-,13+/m1/s1. The van der Waals surface area contributed by atoms with E-state index in [2.05, 4.69) is 0 Å². The number of esters is 1. The van der Waals surface area contributed by atoms with E-state index in [1.54, 1.807) is 0 Å². The topological polar surface area (TPSA) is 93.1 Å². The maximum atomic E-state index is 11.4. The van der Waals surface area contributed by atoms with Gasteiger partial charge in [0.2, 0.25) is 0 Å². The summed E-state index contributed by atoms with van der Waals surface area (Å²) in [5.41, 5.74) is 0.968. The number of aliphatic hydroxyl groups excluding tert-OH is 1. The zero-order chi connectivity index (χ0) is 15.2. The van der Waals surface area contributed by atoms with Crippen LogP contribution >= 0.6 is 0 Å². The van der Waals surface area contributed by atoms with E-state index in [1.807, 2.05) is 30.3 Å². The minimum Gasteiger partial charge on any atom is -0.481 e. The summed E-state index contributed by atoms with van der Waals surface area (Å²) in [6.45, 7) is 0.403. The lowest BCUT2D eigenvalue weighted by Gasteiger charge is -2.33. The number of carboxylic acids is 1. The molecule has 0 amide bonds. The lowest BCUT2D eigenvalue weighted by atomic mass is 9.88. The van der Waals surface area contributed by atoms with Crippen molar-refractivity contribution in [1.29, 1.82) is 0 Å². The van der Waals surface area contributed by atoms with Crippen molar-refractivity contribution in [2.75, 3.05) is 6.61 Å². The minimum absolute atomic E-state index is 0.0651. The zero-order valence-corrected chi connectivity index (χ0v) is 11.5. The highest BCUT2D eigenvalue weighted by atomic mass is 16.6. The highest BCUT2D eigenvalue weighted by Gasteiger charge is 2.39. The first-order chi connectivity index (χ1) is 10.1. The van der Waals surface area contributed by atoms with E-state index in [0.717, 1.165) is 5.56 Å². The smallest absolute Gasteiger partial charge is 0.308 e. The summed E-state index contributed by atoms with van der Waals surface area (Å²) in [7, 11) is 0. The Hall–Kier alpha value is -1.92. The molecular weight excluding hydrogens is 276 g/mol. The van der Waals surface area contributed by atoms with Crippen molar-refractivity contribution in [3.05, 3.63) is 35.9 Å². The summed E-state index contributed by atoms with van der Waals surface area (Å²) in [6, 6.07) is 9.46. The first kappa shape index (κ1) is 15.5. The number of carboxylic acid groups (broad SMARTS) is 1. The van der Waals surface area contributed by atoms with Gasteiger partial charge in [-0.2, -0.15) is 0 Å². The molecule has 0 aromatic heterocycles. The van der Waals surface area contributed by atoms with E-state index in [-0.39, 0.29) is 19.4 Å². The number of ether oxygens (including phenoxy) is 2. The van der Waals surface area contributed by atoms with Crippen LogP contribution in [0.5, 0.6) is 0 Å². The van der Waals surface area contributed by atoms with Crippen LogP contribution in [0.1, 0.15) is 18.4 Å². The quantitative estimate of drug-likeness (QED) is 0.759. The normalized spacial score (nSPS) is 25.4. The molecule has 6 nitrogen and oxygen atoms in total. The molecule has 0 bridgehead atoms. The summed E-state index contributed by atoms with van der Waals surface area (Å²) < 4.78 is 10.6. The third-order valence-electron chi connectivity index (χ3n) is 3.43. The number of carbonyl (C=O) groups is 2. The van der Waals surface area contributed by atoms with Gasteiger partial charge in [0.15, 0.2) is 0 Å². The van der Waals surface area contributed by atoms with Gasteiger partial charge in [0.1, 0.15) is 6.10 Å². The Kier molecular flexibility index (Phi) is 5.30. The van der Waals surface area contributed by atoms with Gasteiger partial charge < -0.3 is 19.7 Å². The molecule has 114 valence electrons. The van der Waals surface area contributed by atoms with Crippen LogP contribution in [0.15, 0.2) is 30.3 Å². The van der Waals surface area contributed by atoms with E-state index in [0.29, 0.717) is 6.61 Å². The molecule has 1 aromatic carbocycles. The molecule has 0 radical (unpaired) electrons. The fraction of sp³-hybridized carbons (Fsp3) is 0.467. The molecule has 21 heavy (non-hydrogen) atoms. The largest absolute Gasteiger partial charge is 0.481 e. The summed E-state index contributed by atoms with van der Waals surface area (Å²) in [5.74, 6) is -2.21. The second-order valence-corrected chi connectivity index (χ2v) is 5.06. The lowest BCUT2D eigenvalue weighted by Crippen LogP contribution is -2.45. The SMILES string of the molecule is O=C(O)C[C@@H]1[C@H](O)CC(=O)O[C@H]1COCc1ccccc1. The number of aliphatic hydroxyl groups is 1. The third-order valence-corrected chi connectivity index (χ3v) is 3.43. The second kappa shape index (κ2) is 7.19. The van der Waals surface area contributed by atoms with Gasteiger partial charge in [0, 0.05) is 5.92 Å². The number of benzene rings is 1. The Morgan fingerprint density at radius 2 is 2.05 bits per heavy atom. The van der Waals surface area contributed by atoms with Crippen LogP contribution in [0.2, 0.25) is 0 Å². The van der Waals surface area contributed by atoms with E-state index in [4.69, 9.17) is 14.6 Å². The van der Waals surface area contributed by atoms with E-state index >= 15 is 0 Å². The first-order valence-electron chi connectivity index (χ1n) is 6.77. The monoisotopic (exact) mass is 294 g/mol. The van der Waals surface area contributed by atoms with Crippen LogP contribution in [0.3, 0.4) is 0 Å². The Labute approximate surface area is 122 Å². The van der Waals surface area contributed by atoms with Gasteiger partial charge in [-0.1, -0.05) is 30.3 Å². The van der Waals surface area contributed by atoms with Crippen molar-refractivity contribution in [2.24, 2.45) is 5.92 Å². The van der Waals surface area contributed by atoms with Crippen molar-refractivity contribution < 1.29 is 29.3 Å². The summed E-state index contributed by atoms with van der Waals surface area (Å²) in [6.07, 6.45) is -2.17. The second-order valence-electron chi connectivity index (χ2n) is 5.06. The van der Waals surface area contributed by atoms with Gasteiger partial charge in [0.05, 0.1) is 32.2 Å². The van der Waals surface area contributed by atoms with Crippen LogP contribution < -0.4 is 0 Å². The number of hydrogen-bond acceptors (Lipinski definition) is 5. The molecule has 0 saturated carbocycles. The van der Waals surface area contributed by atoms with Crippen molar-refractivity contribution in [1.82, 2.24) is 0 Å². The highest BCUT2D eigenvalue weighted by molar-refractivity contribution is 5.72. The van der Waals surface area contributed by atoms with Crippen LogP contribution in [-0.2, 0) is 25.7 Å². The van der Waals surface area contributed by atoms with E-state index in [1.165, 1.54) is 0 Å². The van der Waals surface area contributed by atoms with E-state index < -0.39 is 30.1 Å². The molecule has 1 aliphatic heterocycles. The molecule has 0 spiro atoms. The lowest BCUT2D eigenvalue weighted by molar-refractivity contribution is -0.178. The molecule has 1 saturated heterocycles. The number of hydrogen-bond donors (Lipinski definition) is 2. The molecule has 0 aliphatic carbocycles. The van der Waals surface area contributed by atoms with Gasteiger partial charge in [-0.3, -0.25) is 9.59 Å². The third kappa shape index (κ3) is 4.54. The van der Waals surface area contributed by atoms with Crippen LogP contribution in [0.4, 0.5) is 0 Å². The number of cyclic esters (lactones) is 1. The Bertz CT molecular complexity index is 486. The Balaban J connectivity index is 1.91. The molecule has 0 unspecified atom stereocenters. The summed E-state index contributed by atoms with van der Waals surface area (Å²) >= 11 is 0. The predicted octanol–water partition coefficient (Wildman–Crippen LogP) is 0.970. The molecule has 2 rings (SSSR count).